The lowest BCUT2D eigenvalue weighted by molar-refractivity contribution is 0.0566. The molecule has 0 aromatic rings. The van der Waals surface area contributed by atoms with Crippen molar-refractivity contribution in [3.8, 4) is 0 Å². The molecule has 1 rings (SSSR count). The van der Waals surface area contributed by atoms with Crippen LogP contribution in [0.5, 0.6) is 0 Å². The summed E-state index contributed by atoms with van der Waals surface area (Å²) in [5, 5.41) is 10.1. The van der Waals surface area contributed by atoms with Gasteiger partial charge in [0.25, 0.3) is 0 Å². The van der Waals surface area contributed by atoms with E-state index in [2.05, 4.69) is 6.92 Å². The molecule has 0 heterocycles. The lowest BCUT2D eigenvalue weighted by atomic mass is 9.88. The van der Waals surface area contributed by atoms with Crippen LogP contribution in [0.4, 0.5) is 0 Å². The highest BCUT2D eigenvalue weighted by Gasteiger charge is 2.22. The molecule has 2 atom stereocenters. The summed E-state index contributed by atoms with van der Waals surface area (Å²) in [6, 6.07) is 0. The summed E-state index contributed by atoms with van der Waals surface area (Å²) in [4.78, 5) is 0. The van der Waals surface area contributed by atoms with E-state index in [-0.39, 0.29) is 6.10 Å². The molecule has 1 saturated carbocycles. The summed E-state index contributed by atoms with van der Waals surface area (Å²) < 4.78 is 5.11. The van der Waals surface area contributed by atoms with Crippen LogP contribution in [0.3, 0.4) is 0 Å². The minimum atomic E-state index is -0.103. The molecule has 2 nitrogen and oxygen atoms in total. The van der Waals surface area contributed by atoms with Crippen molar-refractivity contribution in [1.29, 1.82) is 0 Å². The summed E-state index contributed by atoms with van der Waals surface area (Å²) in [5.41, 5.74) is 0. The van der Waals surface area contributed by atoms with Gasteiger partial charge in [-0.15, -0.1) is 0 Å². The van der Waals surface area contributed by atoms with E-state index in [0.29, 0.717) is 11.8 Å². The zero-order chi connectivity index (χ0) is 11.1. The number of aliphatic hydroxyl groups excluding tert-OH is 1. The fourth-order valence-corrected chi connectivity index (χ4v) is 2.65. The smallest absolute Gasteiger partial charge is 0.0571 e. The Morgan fingerprint density at radius 2 is 1.80 bits per heavy atom. The topological polar surface area (TPSA) is 29.5 Å². The molecule has 90 valence electrons. The van der Waals surface area contributed by atoms with Crippen molar-refractivity contribution < 1.29 is 9.84 Å². The van der Waals surface area contributed by atoms with E-state index < -0.39 is 0 Å². The van der Waals surface area contributed by atoms with Crippen LogP contribution in [-0.4, -0.2) is 24.9 Å². The predicted molar refractivity (Wildman–Crippen MR) is 62.9 cm³/mol. The van der Waals surface area contributed by atoms with Gasteiger partial charge in [0.15, 0.2) is 0 Å². The monoisotopic (exact) mass is 214 g/mol. The van der Waals surface area contributed by atoms with Crippen molar-refractivity contribution in [3.05, 3.63) is 0 Å². The highest BCUT2D eigenvalue weighted by molar-refractivity contribution is 4.73. The van der Waals surface area contributed by atoms with Crippen molar-refractivity contribution in [3.63, 3.8) is 0 Å². The molecule has 15 heavy (non-hydrogen) atoms. The molecule has 0 aromatic carbocycles. The van der Waals surface area contributed by atoms with Crippen LogP contribution in [0, 0.1) is 11.8 Å². The highest BCUT2D eigenvalue weighted by Crippen LogP contribution is 2.28. The number of methoxy groups -OCH3 is 1. The molecular formula is C13H26O2. The van der Waals surface area contributed by atoms with E-state index in [1.54, 1.807) is 7.11 Å². The van der Waals surface area contributed by atoms with Gasteiger partial charge in [-0.05, 0) is 31.1 Å². The van der Waals surface area contributed by atoms with Crippen LogP contribution in [0.25, 0.3) is 0 Å². The Balaban J connectivity index is 2.27. The molecule has 0 aliphatic heterocycles. The average Bonchev–Trinajstić information content (AvgIpc) is 2.45. The predicted octanol–water partition coefficient (Wildman–Crippen LogP) is 2.99. The third-order valence-corrected chi connectivity index (χ3v) is 3.54. The zero-order valence-corrected chi connectivity index (χ0v) is 10.2. The first-order chi connectivity index (χ1) is 7.24. The van der Waals surface area contributed by atoms with Crippen LogP contribution >= 0.6 is 0 Å². The molecule has 1 N–H and O–H groups in total. The van der Waals surface area contributed by atoms with Crippen molar-refractivity contribution >= 4 is 0 Å². The van der Waals surface area contributed by atoms with Gasteiger partial charge < -0.3 is 9.84 Å². The quantitative estimate of drug-likeness (QED) is 0.713. The van der Waals surface area contributed by atoms with E-state index in [4.69, 9.17) is 4.74 Å². The second kappa shape index (κ2) is 7.24. The third kappa shape index (κ3) is 4.98. The lowest BCUT2D eigenvalue weighted by Crippen LogP contribution is -2.23. The molecule has 0 spiro atoms. The van der Waals surface area contributed by atoms with Gasteiger partial charge in [-0.25, -0.2) is 0 Å². The second-order valence-corrected chi connectivity index (χ2v) is 5.12. The van der Waals surface area contributed by atoms with Gasteiger partial charge in [0, 0.05) is 13.7 Å². The fraction of sp³-hybridized carbons (Fsp3) is 1.00. The van der Waals surface area contributed by atoms with E-state index >= 15 is 0 Å². The minimum absolute atomic E-state index is 0.103. The molecule has 1 aliphatic carbocycles. The molecule has 0 aromatic heterocycles. The van der Waals surface area contributed by atoms with Crippen LogP contribution in [-0.2, 0) is 4.74 Å². The Bertz CT molecular complexity index is 151. The number of ether oxygens (including phenoxy) is 1. The largest absolute Gasteiger partial charge is 0.393 e. The van der Waals surface area contributed by atoms with Crippen molar-refractivity contribution in [2.75, 3.05) is 13.7 Å². The van der Waals surface area contributed by atoms with Crippen molar-refractivity contribution in [2.45, 2.75) is 58.0 Å². The second-order valence-electron chi connectivity index (χ2n) is 5.12. The van der Waals surface area contributed by atoms with E-state index in [1.165, 1.54) is 38.5 Å². The molecule has 0 saturated heterocycles. The van der Waals surface area contributed by atoms with Gasteiger partial charge in [-0.3, -0.25) is 0 Å². The van der Waals surface area contributed by atoms with Crippen molar-refractivity contribution in [1.82, 2.24) is 0 Å². The SMILES string of the molecule is COCC(C)CC(O)C1CCCCCC1. The van der Waals surface area contributed by atoms with Crippen LogP contribution in [0.1, 0.15) is 51.9 Å². The summed E-state index contributed by atoms with van der Waals surface area (Å²) in [7, 11) is 1.73. The zero-order valence-electron chi connectivity index (χ0n) is 10.2. The summed E-state index contributed by atoms with van der Waals surface area (Å²) in [5.74, 6) is 1.03. The first kappa shape index (κ1) is 13.0. The summed E-state index contributed by atoms with van der Waals surface area (Å²) in [6.07, 6.45) is 8.57. The minimum Gasteiger partial charge on any atom is -0.393 e. The molecular weight excluding hydrogens is 188 g/mol. The van der Waals surface area contributed by atoms with Gasteiger partial charge in [-0.2, -0.15) is 0 Å². The third-order valence-electron chi connectivity index (χ3n) is 3.54. The Morgan fingerprint density at radius 3 is 2.33 bits per heavy atom. The maximum atomic E-state index is 10.1. The first-order valence-corrected chi connectivity index (χ1v) is 6.41. The summed E-state index contributed by atoms with van der Waals surface area (Å²) in [6.45, 7) is 2.92. The van der Waals surface area contributed by atoms with Crippen LogP contribution < -0.4 is 0 Å². The van der Waals surface area contributed by atoms with Gasteiger partial charge in [0.1, 0.15) is 0 Å². The number of rotatable bonds is 5. The molecule has 0 bridgehead atoms. The van der Waals surface area contributed by atoms with Crippen LogP contribution in [0.15, 0.2) is 0 Å². The van der Waals surface area contributed by atoms with Gasteiger partial charge in [0.05, 0.1) is 6.10 Å². The standard InChI is InChI=1S/C13H26O2/c1-11(10-15-2)9-13(14)12-7-5-3-4-6-8-12/h11-14H,3-10H2,1-2H3. The Kier molecular flexibility index (Phi) is 6.26. The number of aliphatic hydroxyl groups is 1. The first-order valence-electron chi connectivity index (χ1n) is 6.41. The van der Waals surface area contributed by atoms with Gasteiger partial charge >= 0.3 is 0 Å². The maximum absolute atomic E-state index is 10.1. The molecule has 0 radical (unpaired) electrons. The van der Waals surface area contributed by atoms with E-state index in [0.717, 1.165) is 13.0 Å². The Labute approximate surface area is 94.0 Å². The van der Waals surface area contributed by atoms with Crippen molar-refractivity contribution in [2.24, 2.45) is 11.8 Å². The average molecular weight is 214 g/mol. The van der Waals surface area contributed by atoms with Gasteiger partial charge in [0.2, 0.25) is 0 Å². The molecule has 1 fully saturated rings. The molecule has 1 aliphatic rings. The maximum Gasteiger partial charge on any atom is 0.0571 e. The number of hydrogen-bond acceptors (Lipinski definition) is 2. The summed E-state index contributed by atoms with van der Waals surface area (Å²) >= 11 is 0. The van der Waals surface area contributed by atoms with Crippen LogP contribution in [0.2, 0.25) is 0 Å². The van der Waals surface area contributed by atoms with E-state index in [1.807, 2.05) is 0 Å². The normalized spacial score (nSPS) is 23.4. The molecule has 2 heteroatoms. The fourth-order valence-electron chi connectivity index (χ4n) is 2.65. The van der Waals surface area contributed by atoms with Gasteiger partial charge in [-0.1, -0.05) is 32.6 Å². The number of hydrogen-bond donors (Lipinski definition) is 1. The van der Waals surface area contributed by atoms with E-state index in [9.17, 15) is 5.11 Å². The molecule has 0 amide bonds. The Morgan fingerprint density at radius 1 is 1.20 bits per heavy atom. The highest BCUT2D eigenvalue weighted by atomic mass is 16.5. The Hall–Kier alpha value is -0.0800. The molecule has 2 unspecified atom stereocenters. The lowest BCUT2D eigenvalue weighted by Gasteiger charge is -2.23.